The Morgan fingerprint density at radius 3 is 2.75 bits per heavy atom. The predicted octanol–water partition coefficient (Wildman–Crippen LogP) is 0.196. The lowest BCUT2D eigenvalue weighted by atomic mass is 10.0. The fourth-order valence-electron chi connectivity index (χ4n) is 2.59. The molecule has 0 saturated carbocycles. The maximum Gasteiger partial charge on any atom is 0.220 e. The van der Waals surface area contributed by atoms with Crippen molar-refractivity contribution in [2.75, 3.05) is 33.2 Å². The molecule has 4 nitrogen and oxygen atoms in total. The first-order chi connectivity index (χ1) is 7.74. The zero-order chi connectivity index (χ0) is 11.4. The van der Waals surface area contributed by atoms with Crippen LogP contribution < -0.4 is 10.6 Å². The minimum Gasteiger partial charge on any atom is -0.353 e. The van der Waals surface area contributed by atoms with Crippen molar-refractivity contribution in [3.05, 3.63) is 0 Å². The van der Waals surface area contributed by atoms with Crippen LogP contribution in [0.1, 0.15) is 25.7 Å². The zero-order valence-electron chi connectivity index (χ0n) is 10.2. The Morgan fingerprint density at radius 2 is 2.12 bits per heavy atom. The molecule has 0 radical (unpaired) electrons. The van der Waals surface area contributed by atoms with Crippen LogP contribution in [0.5, 0.6) is 0 Å². The first kappa shape index (κ1) is 11.9. The van der Waals surface area contributed by atoms with Crippen LogP contribution >= 0.6 is 0 Å². The Kier molecular flexibility index (Phi) is 4.18. The first-order valence-corrected chi connectivity index (χ1v) is 6.42. The Balaban J connectivity index is 1.66. The highest BCUT2D eigenvalue weighted by Crippen LogP contribution is 2.13. The molecule has 2 rings (SSSR count). The summed E-state index contributed by atoms with van der Waals surface area (Å²) in [6.07, 6.45) is 4.07. The van der Waals surface area contributed by atoms with Gasteiger partial charge in [-0.15, -0.1) is 0 Å². The highest BCUT2D eigenvalue weighted by molar-refractivity contribution is 5.76. The highest BCUT2D eigenvalue weighted by Gasteiger charge is 2.21. The number of carbonyl (C=O) groups excluding carboxylic acids is 1. The van der Waals surface area contributed by atoms with E-state index in [1.165, 1.54) is 0 Å². The molecule has 2 fully saturated rings. The van der Waals surface area contributed by atoms with E-state index in [0.717, 1.165) is 45.4 Å². The van der Waals surface area contributed by atoms with Gasteiger partial charge >= 0.3 is 0 Å². The topological polar surface area (TPSA) is 44.4 Å². The van der Waals surface area contributed by atoms with Crippen LogP contribution in [-0.2, 0) is 4.79 Å². The van der Waals surface area contributed by atoms with E-state index in [0.29, 0.717) is 18.4 Å². The molecule has 1 atom stereocenters. The van der Waals surface area contributed by atoms with Crippen molar-refractivity contribution in [1.29, 1.82) is 0 Å². The Hall–Kier alpha value is -0.610. The van der Waals surface area contributed by atoms with Crippen molar-refractivity contribution in [2.24, 2.45) is 5.92 Å². The standard InChI is InChI=1S/C12H23N3O/c1-15-6-3-11(4-7-15)14-12(16)8-10-2-5-13-9-10/h10-11,13H,2-9H2,1H3,(H,14,16). The van der Waals surface area contributed by atoms with E-state index in [1.807, 2.05) is 0 Å². The first-order valence-electron chi connectivity index (χ1n) is 6.42. The minimum absolute atomic E-state index is 0.253. The molecule has 0 aromatic carbocycles. The maximum absolute atomic E-state index is 11.8. The van der Waals surface area contributed by atoms with Crippen LogP contribution in [0.4, 0.5) is 0 Å². The van der Waals surface area contributed by atoms with Crippen LogP contribution in [-0.4, -0.2) is 50.1 Å². The van der Waals surface area contributed by atoms with Crippen molar-refractivity contribution in [3.8, 4) is 0 Å². The van der Waals surface area contributed by atoms with E-state index >= 15 is 0 Å². The second-order valence-electron chi connectivity index (χ2n) is 5.21. The number of likely N-dealkylation sites (tertiary alicyclic amines) is 1. The number of nitrogens with one attached hydrogen (secondary N) is 2. The molecule has 16 heavy (non-hydrogen) atoms. The summed E-state index contributed by atoms with van der Waals surface area (Å²) < 4.78 is 0. The molecule has 2 heterocycles. The Bertz CT molecular complexity index is 230. The largest absolute Gasteiger partial charge is 0.353 e. The molecule has 2 saturated heterocycles. The van der Waals surface area contributed by atoms with E-state index in [-0.39, 0.29) is 5.91 Å². The van der Waals surface area contributed by atoms with Gasteiger partial charge in [0.15, 0.2) is 0 Å². The number of carbonyl (C=O) groups is 1. The molecule has 0 aromatic heterocycles. The average Bonchev–Trinajstić information content (AvgIpc) is 2.74. The molecule has 92 valence electrons. The molecule has 0 aromatic rings. The normalized spacial score (nSPS) is 28.2. The second kappa shape index (κ2) is 5.64. The van der Waals surface area contributed by atoms with Gasteiger partial charge in [0.25, 0.3) is 0 Å². The average molecular weight is 225 g/mol. The summed E-state index contributed by atoms with van der Waals surface area (Å²) in [5.74, 6) is 0.814. The van der Waals surface area contributed by atoms with Gasteiger partial charge in [-0.05, 0) is 58.4 Å². The predicted molar refractivity (Wildman–Crippen MR) is 64.3 cm³/mol. The minimum atomic E-state index is 0.253. The third kappa shape index (κ3) is 3.46. The lowest BCUT2D eigenvalue weighted by Gasteiger charge is -2.29. The third-order valence-corrected chi connectivity index (χ3v) is 3.72. The summed E-state index contributed by atoms with van der Waals surface area (Å²) in [7, 11) is 2.14. The van der Waals surface area contributed by atoms with Gasteiger partial charge in [-0.1, -0.05) is 0 Å². The number of nitrogens with zero attached hydrogens (tertiary/aromatic N) is 1. The van der Waals surface area contributed by atoms with Crippen molar-refractivity contribution in [1.82, 2.24) is 15.5 Å². The summed E-state index contributed by atoms with van der Waals surface area (Å²) in [4.78, 5) is 14.1. The van der Waals surface area contributed by atoms with Crippen molar-refractivity contribution < 1.29 is 4.79 Å². The number of hydrogen-bond donors (Lipinski definition) is 2. The monoisotopic (exact) mass is 225 g/mol. The third-order valence-electron chi connectivity index (χ3n) is 3.72. The van der Waals surface area contributed by atoms with E-state index in [2.05, 4.69) is 22.6 Å². The number of amides is 1. The smallest absolute Gasteiger partial charge is 0.220 e. The highest BCUT2D eigenvalue weighted by atomic mass is 16.1. The number of piperidine rings is 1. The van der Waals surface area contributed by atoms with Gasteiger partial charge in [-0.3, -0.25) is 4.79 Å². The lowest BCUT2D eigenvalue weighted by molar-refractivity contribution is -0.122. The Labute approximate surface area is 97.8 Å². The van der Waals surface area contributed by atoms with Gasteiger partial charge in [0, 0.05) is 12.5 Å². The molecule has 1 amide bonds. The summed E-state index contributed by atoms with van der Waals surface area (Å²) in [5, 5.41) is 6.47. The van der Waals surface area contributed by atoms with Crippen molar-refractivity contribution in [2.45, 2.75) is 31.7 Å². The van der Waals surface area contributed by atoms with E-state index in [4.69, 9.17) is 0 Å². The van der Waals surface area contributed by atoms with Crippen molar-refractivity contribution >= 4 is 5.91 Å². The SMILES string of the molecule is CN1CCC(NC(=O)CC2CCNC2)CC1. The quantitative estimate of drug-likeness (QED) is 0.721. The molecule has 2 N–H and O–H groups in total. The Morgan fingerprint density at radius 1 is 1.38 bits per heavy atom. The molecule has 2 aliphatic heterocycles. The maximum atomic E-state index is 11.8. The van der Waals surface area contributed by atoms with Gasteiger partial charge in [-0.2, -0.15) is 0 Å². The van der Waals surface area contributed by atoms with Crippen LogP contribution in [0, 0.1) is 5.92 Å². The lowest BCUT2D eigenvalue weighted by Crippen LogP contribution is -2.43. The molecule has 2 aliphatic rings. The molecule has 1 unspecified atom stereocenters. The molecular weight excluding hydrogens is 202 g/mol. The fraction of sp³-hybridized carbons (Fsp3) is 0.917. The van der Waals surface area contributed by atoms with Gasteiger partial charge < -0.3 is 15.5 Å². The van der Waals surface area contributed by atoms with Crippen LogP contribution in [0.15, 0.2) is 0 Å². The van der Waals surface area contributed by atoms with Crippen molar-refractivity contribution in [3.63, 3.8) is 0 Å². The van der Waals surface area contributed by atoms with Crippen LogP contribution in [0.25, 0.3) is 0 Å². The zero-order valence-corrected chi connectivity index (χ0v) is 10.2. The molecule has 4 heteroatoms. The summed E-state index contributed by atoms with van der Waals surface area (Å²) in [6, 6.07) is 0.415. The number of rotatable bonds is 3. The van der Waals surface area contributed by atoms with E-state index < -0.39 is 0 Å². The molecule has 0 aliphatic carbocycles. The molecule has 0 spiro atoms. The van der Waals surface area contributed by atoms with Gasteiger partial charge in [0.05, 0.1) is 0 Å². The van der Waals surface area contributed by atoms with E-state index in [1.54, 1.807) is 0 Å². The second-order valence-corrected chi connectivity index (χ2v) is 5.21. The summed E-state index contributed by atoms with van der Waals surface area (Å²) in [5.41, 5.74) is 0. The van der Waals surface area contributed by atoms with E-state index in [9.17, 15) is 4.79 Å². The van der Waals surface area contributed by atoms with Crippen LogP contribution in [0.3, 0.4) is 0 Å². The summed E-state index contributed by atoms with van der Waals surface area (Å²) >= 11 is 0. The molecule has 0 bridgehead atoms. The summed E-state index contributed by atoms with van der Waals surface area (Å²) in [6.45, 7) is 4.30. The molecular formula is C12H23N3O. The van der Waals surface area contributed by atoms with Gasteiger partial charge in [-0.25, -0.2) is 0 Å². The van der Waals surface area contributed by atoms with Crippen LogP contribution in [0.2, 0.25) is 0 Å². The van der Waals surface area contributed by atoms with Gasteiger partial charge in [0.2, 0.25) is 5.91 Å². The fourth-order valence-corrected chi connectivity index (χ4v) is 2.59. The number of hydrogen-bond acceptors (Lipinski definition) is 3. The van der Waals surface area contributed by atoms with Gasteiger partial charge in [0.1, 0.15) is 0 Å².